The molecular formula is C23H20Cl2N2O4. The Kier molecular flexibility index (Phi) is 5.79. The monoisotopic (exact) mass is 458 g/mol. The van der Waals surface area contributed by atoms with Crippen LogP contribution in [0, 0.1) is 0 Å². The molecular weight excluding hydrogens is 439 g/mol. The summed E-state index contributed by atoms with van der Waals surface area (Å²) in [6.07, 6.45) is -1.10. The number of carbonyl (C=O) groups is 2. The number of aliphatic hydroxyl groups is 1. The highest BCUT2D eigenvalue weighted by atomic mass is 35.5. The highest BCUT2D eigenvalue weighted by molar-refractivity contribution is 6.35. The summed E-state index contributed by atoms with van der Waals surface area (Å²) in [5, 5.41) is 15.8. The molecule has 1 fully saturated rings. The van der Waals surface area contributed by atoms with Crippen LogP contribution in [0.25, 0.3) is 10.8 Å². The van der Waals surface area contributed by atoms with E-state index in [1.54, 1.807) is 19.1 Å². The maximum absolute atomic E-state index is 13.2. The zero-order chi connectivity index (χ0) is 22.2. The van der Waals surface area contributed by atoms with Gasteiger partial charge in [-0.25, -0.2) is 4.79 Å². The molecule has 3 aromatic carbocycles. The summed E-state index contributed by atoms with van der Waals surface area (Å²) in [5.74, 6) is -0.0830. The number of hydrogen-bond acceptors (Lipinski definition) is 4. The number of ether oxygens (including phenoxy) is 1. The van der Waals surface area contributed by atoms with E-state index < -0.39 is 23.6 Å². The molecule has 4 rings (SSSR count). The minimum atomic E-state index is -1.24. The van der Waals surface area contributed by atoms with Crippen molar-refractivity contribution in [3.05, 3.63) is 76.3 Å². The standard InChI is InChI=1S/C23H20Cl2N2O4/c1-23(18-8-4-6-14-5-2-3-7-17(14)18)21(29)27(22(30)26-23)12-16(28)13-31-20-10-9-15(24)11-19(20)25/h2-11,16,28H,12-13H2,1H3,(H,26,30)/t16?,23-/m1/s1. The number of nitrogens with zero attached hydrogens (tertiary/aromatic N) is 1. The molecule has 1 unspecified atom stereocenters. The fraction of sp³-hybridized carbons (Fsp3) is 0.217. The van der Waals surface area contributed by atoms with Crippen LogP contribution in [0.5, 0.6) is 5.75 Å². The molecule has 0 aliphatic carbocycles. The largest absolute Gasteiger partial charge is 0.489 e. The lowest BCUT2D eigenvalue weighted by molar-refractivity contribution is -0.132. The van der Waals surface area contributed by atoms with Gasteiger partial charge in [0.05, 0.1) is 11.6 Å². The van der Waals surface area contributed by atoms with Crippen LogP contribution < -0.4 is 10.1 Å². The number of nitrogens with one attached hydrogen (secondary N) is 1. The fourth-order valence-electron chi connectivity index (χ4n) is 3.75. The van der Waals surface area contributed by atoms with Crippen LogP contribution >= 0.6 is 23.2 Å². The van der Waals surface area contributed by atoms with Crippen molar-refractivity contribution in [2.24, 2.45) is 0 Å². The Bertz CT molecular complexity index is 1160. The molecule has 0 aromatic heterocycles. The molecule has 0 bridgehead atoms. The average molecular weight is 459 g/mol. The quantitative estimate of drug-likeness (QED) is 0.538. The number of rotatable bonds is 6. The van der Waals surface area contributed by atoms with Crippen LogP contribution in [-0.4, -0.2) is 41.2 Å². The van der Waals surface area contributed by atoms with Crippen molar-refractivity contribution in [1.29, 1.82) is 0 Å². The highest BCUT2D eigenvalue weighted by Gasteiger charge is 2.49. The Morgan fingerprint density at radius 2 is 1.84 bits per heavy atom. The number of carbonyl (C=O) groups excluding carboxylic acids is 2. The van der Waals surface area contributed by atoms with E-state index >= 15 is 0 Å². The maximum Gasteiger partial charge on any atom is 0.325 e. The molecule has 6 nitrogen and oxygen atoms in total. The molecule has 0 spiro atoms. The molecule has 31 heavy (non-hydrogen) atoms. The third kappa shape index (κ3) is 4.06. The topological polar surface area (TPSA) is 78.9 Å². The molecule has 2 atom stereocenters. The maximum atomic E-state index is 13.2. The number of hydrogen-bond donors (Lipinski definition) is 2. The minimum Gasteiger partial charge on any atom is -0.489 e. The zero-order valence-corrected chi connectivity index (χ0v) is 18.2. The second kappa shape index (κ2) is 8.38. The molecule has 1 aliphatic heterocycles. The number of urea groups is 1. The van der Waals surface area contributed by atoms with Crippen LogP contribution in [-0.2, 0) is 10.3 Å². The number of aliphatic hydroxyl groups excluding tert-OH is 1. The second-order valence-electron chi connectivity index (χ2n) is 7.54. The van der Waals surface area contributed by atoms with E-state index in [-0.39, 0.29) is 13.2 Å². The third-order valence-corrected chi connectivity index (χ3v) is 5.85. The molecule has 1 aliphatic rings. The molecule has 3 aromatic rings. The van der Waals surface area contributed by atoms with Gasteiger partial charge >= 0.3 is 6.03 Å². The first kappa shape index (κ1) is 21.4. The number of benzene rings is 3. The first-order valence-electron chi connectivity index (χ1n) is 9.68. The average Bonchev–Trinajstić information content (AvgIpc) is 2.96. The first-order valence-corrected chi connectivity index (χ1v) is 10.4. The highest BCUT2D eigenvalue weighted by Crippen LogP contribution is 2.34. The second-order valence-corrected chi connectivity index (χ2v) is 8.38. The van der Waals surface area contributed by atoms with Gasteiger partial charge in [-0.1, -0.05) is 65.7 Å². The molecule has 160 valence electrons. The number of β-amino-alcohol motifs (C(OH)–C–C–N with tert-alkyl or cyclic N) is 1. The summed E-state index contributed by atoms with van der Waals surface area (Å²) in [6, 6.07) is 17.4. The molecule has 2 N–H and O–H groups in total. The third-order valence-electron chi connectivity index (χ3n) is 5.32. The van der Waals surface area contributed by atoms with E-state index in [2.05, 4.69) is 5.32 Å². The zero-order valence-electron chi connectivity index (χ0n) is 16.6. The number of amides is 3. The van der Waals surface area contributed by atoms with E-state index in [0.717, 1.165) is 15.7 Å². The summed E-state index contributed by atoms with van der Waals surface area (Å²) in [5.41, 5.74) is -0.539. The molecule has 1 saturated heterocycles. The molecule has 3 amide bonds. The van der Waals surface area contributed by atoms with Crippen LogP contribution in [0.1, 0.15) is 12.5 Å². The first-order chi connectivity index (χ1) is 14.8. The van der Waals surface area contributed by atoms with Gasteiger partial charge in [0.25, 0.3) is 5.91 Å². The van der Waals surface area contributed by atoms with Crippen molar-refractivity contribution in [2.45, 2.75) is 18.6 Å². The molecule has 0 saturated carbocycles. The van der Waals surface area contributed by atoms with Gasteiger partial charge in [0.2, 0.25) is 0 Å². The molecule has 8 heteroatoms. The number of imide groups is 1. The van der Waals surface area contributed by atoms with Gasteiger partial charge in [0, 0.05) is 5.02 Å². The van der Waals surface area contributed by atoms with E-state index in [1.165, 1.54) is 6.07 Å². The van der Waals surface area contributed by atoms with Gasteiger partial charge in [-0.15, -0.1) is 0 Å². The van der Waals surface area contributed by atoms with Gasteiger partial charge in [0.15, 0.2) is 0 Å². The normalized spacial score (nSPS) is 19.5. The van der Waals surface area contributed by atoms with E-state index in [9.17, 15) is 14.7 Å². The molecule has 1 heterocycles. The van der Waals surface area contributed by atoms with Gasteiger partial charge in [-0.05, 0) is 41.5 Å². The number of halogens is 2. The van der Waals surface area contributed by atoms with Crippen molar-refractivity contribution in [2.75, 3.05) is 13.2 Å². The van der Waals surface area contributed by atoms with Gasteiger partial charge in [-0.3, -0.25) is 9.69 Å². The van der Waals surface area contributed by atoms with Crippen LogP contribution in [0.3, 0.4) is 0 Å². The van der Waals surface area contributed by atoms with Gasteiger partial charge in [-0.2, -0.15) is 0 Å². The predicted octanol–water partition coefficient (Wildman–Crippen LogP) is 4.35. The Labute approximate surface area is 189 Å². The van der Waals surface area contributed by atoms with Gasteiger partial charge < -0.3 is 15.2 Å². The minimum absolute atomic E-state index is 0.149. The Morgan fingerprint density at radius 3 is 2.61 bits per heavy atom. The Hall–Kier alpha value is -2.80. The van der Waals surface area contributed by atoms with Crippen LogP contribution in [0.2, 0.25) is 10.0 Å². The van der Waals surface area contributed by atoms with Gasteiger partial charge in [0.1, 0.15) is 24.0 Å². The smallest absolute Gasteiger partial charge is 0.325 e. The van der Waals surface area contributed by atoms with Crippen molar-refractivity contribution >= 4 is 45.9 Å². The van der Waals surface area contributed by atoms with E-state index in [0.29, 0.717) is 21.4 Å². The summed E-state index contributed by atoms with van der Waals surface area (Å²) >= 11 is 11.9. The number of fused-ring (bicyclic) bond motifs is 1. The van der Waals surface area contributed by atoms with Crippen molar-refractivity contribution < 1.29 is 19.4 Å². The lowest BCUT2D eigenvalue weighted by Gasteiger charge is -2.24. The molecule has 0 radical (unpaired) electrons. The lowest BCUT2D eigenvalue weighted by Crippen LogP contribution is -2.43. The van der Waals surface area contributed by atoms with Crippen molar-refractivity contribution in [3.8, 4) is 5.75 Å². The Morgan fingerprint density at radius 1 is 1.10 bits per heavy atom. The van der Waals surface area contributed by atoms with E-state index in [1.807, 2.05) is 42.5 Å². The van der Waals surface area contributed by atoms with E-state index in [4.69, 9.17) is 27.9 Å². The summed E-state index contributed by atoms with van der Waals surface area (Å²) in [7, 11) is 0. The lowest BCUT2D eigenvalue weighted by atomic mass is 9.88. The summed E-state index contributed by atoms with van der Waals surface area (Å²) in [6.45, 7) is 1.31. The summed E-state index contributed by atoms with van der Waals surface area (Å²) in [4.78, 5) is 26.9. The summed E-state index contributed by atoms with van der Waals surface area (Å²) < 4.78 is 5.52. The SMILES string of the molecule is C[C@]1(c2cccc3ccccc23)NC(=O)N(CC(O)COc2ccc(Cl)cc2Cl)C1=O. The van der Waals surface area contributed by atoms with Crippen LogP contribution in [0.15, 0.2) is 60.7 Å². The van der Waals surface area contributed by atoms with Crippen LogP contribution in [0.4, 0.5) is 4.79 Å². The van der Waals surface area contributed by atoms with Crippen molar-refractivity contribution in [1.82, 2.24) is 10.2 Å². The van der Waals surface area contributed by atoms with Crippen molar-refractivity contribution in [3.63, 3.8) is 0 Å². The predicted molar refractivity (Wildman–Crippen MR) is 120 cm³/mol. The Balaban J connectivity index is 1.50. The fourth-order valence-corrected chi connectivity index (χ4v) is 4.21.